The lowest BCUT2D eigenvalue weighted by atomic mass is 9.82. The molecule has 1 saturated carbocycles. The Hall–Kier alpha value is -1.42. The molecule has 1 fully saturated rings. The predicted molar refractivity (Wildman–Crippen MR) is 82.1 cm³/mol. The molecule has 116 valence electrons. The Balaban J connectivity index is 1.96. The minimum Gasteiger partial charge on any atom is -0.339 e. The van der Waals surface area contributed by atoms with Crippen molar-refractivity contribution in [2.75, 3.05) is 7.05 Å². The number of amides is 1. The second kappa shape index (κ2) is 7.03. The first-order chi connectivity index (χ1) is 9.99. The number of carbonyl (C=O) groups excluding carboxylic acids is 1. The summed E-state index contributed by atoms with van der Waals surface area (Å²) in [6, 6.07) is 6.42. The van der Waals surface area contributed by atoms with Gasteiger partial charge < -0.3 is 10.6 Å². The average Bonchev–Trinajstić information content (AvgIpc) is 2.49. The molecule has 3 nitrogen and oxygen atoms in total. The highest BCUT2D eigenvalue weighted by Crippen LogP contribution is 2.28. The van der Waals surface area contributed by atoms with Gasteiger partial charge in [-0.25, -0.2) is 4.39 Å². The first kappa shape index (κ1) is 16.0. The normalized spacial score (nSPS) is 23.6. The van der Waals surface area contributed by atoms with E-state index in [1.165, 1.54) is 25.0 Å². The molecule has 1 aliphatic rings. The van der Waals surface area contributed by atoms with Gasteiger partial charge in [0.2, 0.25) is 5.91 Å². The first-order valence-corrected chi connectivity index (χ1v) is 7.75. The van der Waals surface area contributed by atoms with Gasteiger partial charge in [-0.05, 0) is 43.4 Å². The van der Waals surface area contributed by atoms with Crippen LogP contribution in [-0.4, -0.2) is 23.9 Å². The van der Waals surface area contributed by atoms with E-state index < -0.39 is 0 Å². The molecule has 1 amide bonds. The number of hydrogen-bond donors (Lipinski definition) is 1. The molecule has 1 aromatic carbocycles. The van der Waals surface area contributed by atoms with Gasteiger partial charge in [-0.15, -0.1) is 0 Å². The fourth-order valence-electron chi connectivity index (χ4n) is 3.04. The van der Waals surface area contributed by atoms with Gasteiger partial charge in [-0.2, -0.15) is 0 Å². The van der Waals surface area contributed by atoms with Crippen molar-refractivity contribution in [3.8, 4) is 0 Å². The van der Waals surface area contributed by atoms with Gasteiger partial charge in [0.15, 0.2) is 0 Å². The maximum Gasteiger partial charge on any atom is 0.223 e. The third kappa shape index (κ3) is 4.03. The summed E-state index contributed by atoms with van der Waals surface area (Å²) in [6.07, 6.45) is 4.93. The summed E-state index contributed by atoms with van der Waals surface area (Å²) in [7, 11) is 1.81. The van der Waals surface area contributed by atoms with Crippen LogP contribution < -0.4 is 5.73 Å². The summed E-state index contributed by atoms with van der Waals surface area (Å²) < 4.78 is 13.0. The van der Waals surface area contributed by atoms with Crippen molar-refractivity contribution >= 4 is 5.91 Å². The molecule has 21 heavy (non-hydrogen) atoms. The average molecular weight is 292 g/mol. The zero-order valence-electron chi connectivity index (χ0n) is 12.9. The van der Waals surface area contributed by atoms with Gasteiger partial charge in [0, 0.05) is 19.5 Å². The Bertz CT molecular complexity index is 474. The van der Waals surface area contributed by atoms with Gasteiger partial charge in [-0.3, -0.25) is 4.79 Å². The van der Waals surface area contributed by atoms with Crippen molar-refractivity contribution in [2.24, 2.45) is 11.7 Å². The number of benzene rings is 1. The SMILES string of the molecule is CC(c1ccc(F)cc1)N(C)C(=O)CC1CCCCC1N. The Kier molecular flexibility index (Phi) is 5.34. The molecule has 2 rings (SSSR count). The maximum absolute atomic E-state index is 13.0. The van der Waals surface area contributed by atoms with E-state index in [4.69, 9.17) is 5.73 Å². The van der Waals surface area contributed by atoms with Gasteiger partial charge in [0.05, 0.1) is 6.04 Å². The third-order valence-electron chi connectivity index (χ3n) is 4.73. The summed E-state index contributed by atoms with van der Waals surface area (Å²) in [5, 5.41) is 0. The van der Waals surface area contributed by atoms with E-state index in [0.29, 0.717) is 12.3 Å². The lowest BCUT2D eigenvalue weighted by Gasteiger charge is -2.31. The van der Waals surface area contributed by atoms with Gasteiger partial charge in [0.1, 0.15) is 5.82 Å². The van der Waals surface area contributed by atoms with E-state index in [1.54, 1.807) is 17.0 Å². The molecule has 0 heterocycles. The van der Waals surface area contributed by atoms with E-state index in [0.717, 1.165) is 18.4 Å². The molecule has 0 aliphatic heterocycles. The van der Waals surface area contributed by atoms with Crippen LogP contribution in [0.2, 0.25) is 0 Å². The van der Waals surface area contributed by atoms with E-state index in [-0.39, 0.29) is 23.8 Å². The largest absolute Gasteiger partial charge is 0.339 e. The molecule has 0 saturated heterocycles. The summed E-state index contributed by atoms with van der Waals surface area (Å²) in [5.74, 6) is 0.163. The summed E-state index contributed by atoms with van der Waals surface area (Å²) in [5.41, 5.74) is 7.06. The van der Waals surface area contributed by atoms with Crippen LogP contribution in [-0.2, 0) is 4.79 Å². The van der Waals surface area contributed by atoms with Crippen LogP contribution >= 0.6 is 0 Å². The number of hydrogen-bond acceptors (Lipinski definition) is 2. The number of carbonyl (C=O) groups is 1. The predicted octanol–water partition coefficient (Wildman–Crippen LogP) is 3.25. The number of nitrogens with two attached hydrogens (primary N) is 1. The van der Waals surface area contributed by atoms with Gasteiger partial charge in [-0.1, -0.05) is 25.0 Å². The third-order valence-corrected chi connectivity index (χ3v) is 4.73. The van der Waals surface area contributed by atoms with E-state index in [2.05, 4.69) is 0 Å². The molecule has 3 unspecified atom stereocenters. The van der Waals surface area contributed by atoms with Crippen LogP contribution in [0.15, 0.2) is 24.3 Å². The van der Waals surface area contributed by atoms with Crippen molar-refractivity contribution in [3.05, 3.63) is 35.6 Å². The topological polar surface area (TPSA) is 46.3 Å². The van der Waals surface area contributed by atoms with Crippen molar-refractivity contribution in [1.82, 2.24) is 4.90 Å². The molecular formula is C17H25FN2O. The molecule has 4 heteroatoms. The van der Waals surface area contributed by atoms with E-state index in [1.807, 2.05) is 14.0 Å². The Morgan fingerprint density at radius 3 is 2.57 bits per heavy atom. The fraction of sp³-hybridized carbons (Fsp3) is 0.588. The quantitative estimate of drug-likeness (QED) is 0.926. The van der Waals surface area contributed by atoms with Crippen LogP contribution in [0, 0.1) is 11.7 Å². The van der Waals surface area contributed by atoms with Gasteiger partial charge >= 0.3 is 0 Å². The Labute approximate surface area is 126 Å². The number of rotatable bonds is 4. The van der Waals surface area contributed by atoms with Crippen molar-refractivity contribution in [1.29, 1.82) is 0 Å². The second-order valence-corrected chi connectivity index (χ2v) is 6.14. The Morgan fingerprint density at radius 2 is 1.95 bits per heavy atom. The highest BCUT2D eigenvalue weighted by atomic mass is 19.1. The van der Waals surface area contributed by atoms with Crippen molar-refractivity contribution < 1.29 is 9.18 Å². The highest BCUT2D eigenvalue weighted by molar-refractivity contribution is 5.76. The molecular weight excluding hydrogens is 267 g/mol. The van der Waals surface area contributed by atoms with Crippen LogP contribution in [0.5, 0.6) is 0 Å². The van der Waals surface area contributed by atoms with Crippen LogP contribution in [0.3, 0.4) is 0 Å². The lowest BCUT2D eigenvalue weighted by molar-refractivity contribution is -0.133. The zero-order valence-corrected chi connectivity index (χ0v) is 12.9. The fourth-order valence-corrected chi connectivity index (χ4v) is 3.04. The summed E-state index contributed by atoms with van der Waals surface area (Å²) >= 11 is 0. The Morgan fingerprint density at radius 1 is 1.33 bits per heavy atom. The second-order valence-electron chi connectivity index (χ2n) is 6.14. The van der Waals surface area contributed by atoms with E-state index >= 15 is 0 Å². The molecule has 2 N–H and O–H groups in total. The molecule has 1 aromatic rings. The lowest BCUT2D eigenvalue weighted by Crippen LogP contribution is -2.38. The van der Waals surface area contributed by atoms with Crippen LogP contribution in [0.25, 0.3) is 0 Å². The summed E-state index contributed by atoms with van der Waals surface area (Å²) in [4.78, 5) is 14.2. The zero-order chi connectivity index (χ0) is 15.4. The monoisotopic (exact) mass is 292 g/mol. The standard InChI is InChI=1S/C17H25FN2O/c1-12(13-7-9-15(18)10-8-13)20(2)17(21)11-14-5-3-4-6-16(14)19/h7-10,12,14,16H,3-6,11,19H2,1-2H3. The first-order valence-electron chi connectivity index (χ1n) is 7.75. The molecule has 0 bridgehead atoms. The van der Waals surface area contributed by atoms with Crippen LogP contribution in [0.1, 0.15) is 50.6 Å². The van der Waals surface area contributed by atoms with Crippen molar-refractivity contribution in [2.45, 2.75) is 51.1 Å². The van der Waals surface area contributed by atoms with Gasteiger partial charge in [0.25, 0.3) is 0 Å². The summed E-state index contributed by atoms with van der Waals surface area (Å²) in [6.45, 7) is 1.96. The molecule has 1 aliphatic carbocycles. The highest BCUT2D eigenvalue weighted by Gasteiger charge is 2.27. The minimum absolute atomic E-state index is 0.0575. The van der Waals surface area contributed by atoms with Crippen LogP contribution in [0.4, 0.5) is 4.39 Å². The molecule has 3 atom stereocenters. The molecule has 0 spiro atoms. The minimum atomic E-state index is -0.256. The van der Waals surface area contributed by atoms with E-state index in [9.17, 15) is 9.18 Å². The number of nitrogens with zero attached hydrogens (tertiary/aromatic N) is 1. The van der Waals surface area contributed by atoms with Crippen molar-refractivity contribution in [3.63, 3.8) is 0 Å². The molecule has 0 radical (unpaired) electrons. The number of halogens is 1. The maximum atomic E-state index is 13.0. The molecule has 0 aromatic heterocycles. The smallest absolute Gasteiger partial charge is 0.223 e.